The maximum absolute atomic E-state index is 12.3. The summed E-state index contributed by atoms with van der Waals surface area (Å²) in [7, 11) is 1.74. The summed E-state index contributed by atoms with van der Waals surface area (Å²) in [6.07, 6.45) is 1.92. The number of hydrogen-bond donors (Lipinski definition) is 2. The molecule has 1 aromatic rings. The molecule has 2 rings (SSSR count). The zero-order chi connectivity index (χ0) is 15.2. The Kier molecular flexibility index (Phi) is 5.33. The largest absolute Gasteiger partial charge is 0.351 e. The lowest BCUT2D eigenvalue weighted by Crippen LogP contribution is -2.34. The summed E-state index contributed by atoms with van der Waals surface area (Å²) >= 11 is 0. The van der Waals surface area contributed by atoms with Crippen LogP contribution in [0.1, 0.15) is 30.1 Å². The van der Waals surface area contributed by atoms with Crippen molar-refractivity contribution in [3.63, 3.8) is 0 Å². The molecule has 0 radical (unpaired) electrons. The first-order chi connectivity index (χ1) is 10.1. The number of nitrogens with one attached hydrogen (secondary N) is 2. The monoisotopic (exact) mass is 289 g/mol. The maximum atomic E-state index is 12.3. The van der Waals surface area contributed by atoms with Gasteiger partial charge in [0.25, 0.3) is 5.91 Å². The fraction of sp³-hybridized carbons (Fsp3) is 0.500. The van der Waals surface area contributed by atoms with Crippen molar-refractivity contribution in [2.75, 3.05) is 31.6 Å². The molecule has 1 aliphatic rings. The Labute approximate surface area is 125 Å². The smallest absolute Gasteiger partial charge is 0.253 e. The van der Waals surface area contributed by atoms with E-state index in [4.69, 9.17) is 0 Å². The number of amides is 2. The fourth-order valence-electron chi connectivity index (χ4n) is 2.22. The number of likely N-dealkylation sites (N-methyl/N-ethyl adjacent to an activating group) is 1. The summed E-state index contributed by atoms with van der Waals surface area (Å²) in [4.78, 5) is 26.0. The second-order valence-corrected chi connectivity index (χ2v) is 5.30. The number of benzene rings is 1. The Morgan fingerprint density at radius 2 is 1.95 bits per heavy atom. The molecule has 0 spiro atoms. The third-order valence-corrected chi connectivity index (χ3v) is 3.60. The minimum atomic E-state index is -0.140. The molecule has 2 amide bonds. The number of para-hydroxylation sites is 1. The third-order valence-electron chi connectivity index (χ3n) is 3.60. The zero-order valence-corrected chi connectivity index (χ0v) is 12.7. The highest BCUT2D eigenvalue weighted by molar-refractivity contribution is 6.05. The molecule has 0 heterocycles. The Balaban J connectivity index is 2.05. The molecular formula is C16H23N3O2. The van der Waals surface area contributed by atoms with Gasteiger partial charge < -0.3 is 15.5 Å². The highest BCUT2D eigenvalue weighted by Gasteiger charge is 2.33. The average Bonchev–Trinajstić information content (AvgIpc) is 3.34. The van der Waals surface area contributed by atoms with Gasteiger partial charge in [-0.2, -0.15) is 0 Å². The molecule has 21 heavy (non-hydrogen) atoms. The van der Waals surface area contributed by atoms with E-state index in [1.165, 1.54) is 0 Å². The topological polar surface area (TPSA) is 61.4 Å². The first-order valence-electron chi connectivity index (χ1n) is 7.50. The van der Waals surface area contributed by atoms with Gasteiger partial charge in [-0.05, 0) is 31.5 Å². The van der Waals surface area contributed by atoms with Crippen molar-refractivity contribution in [1.29, 1.82) is 0 Å². The molecule has 0 bridgehead atoms. The Morgan fingerprint density at radius 3 is 2.62 bits per heavy atom. The van der Waals surface area contributed by atoms with Gasteiger partial charge in [-0.1, -0.05) is 19.1 Å². The zero-order valence-electron chi connectivity index (χ0n) is 12.7. The minimum Gasteiger partial charge on any atom is -0.351 e. The van der Waals surface area contributed by atoms with Gasteiger partial charge in [0.15, 0.2) is 0 Å². The van der Waals surface area contributed by atoms with Gasteiger partial charge in [0, 0.05) is 26.1 Å². The van der Waals surface area contributed by atoms with E-state index in [-0.39, 0.29) is 17.7 Å². The van der Waals surface area contributed by atoms with E-state index in [1.54, 1.807) is 18.0 Å². The molecule has 0 aromatic heterocycles. The number of nitrogens with zero attached hydrogens (tertiary/aromatic N) is 1. The number of hydrogen-bond acceptors (Lipinski definition) is 3. The molecule has 0 aliphatic heterocycles. The molecule has 1 fully saturated rings. The molecule has 0 unspecified atom stereocenters. The van der Waals surface area contributed by atoms with Crippen LogP contribution in [0.15, 0.2) is 24.3 Å². The molecule has 114 valence electrons. The van der Waals surface area contributed by atoms with Crippen molar-refractivity contribution in [2.45, 2.75) is 19.8 Å². The van der Waals surface area contributed by atoms with Gasteiger partial charge >= 0.3 is 0 Å². The Bertz CT molecular complexity index is 512. The maximum Gasteiger partial charge on any atom is 0.253 e. The van der Waals surface area contributed by atoms with Crippen LogP contribution in [0.3, 0.4) is 0 Å². The van der Waals surface area contributed by atoms with E-state index < -0.39 is 0 Å². The van der Waals surface area contributed by atoms with Crippen LogP contribution < -0.4 is 15.5 Å². The molecule has 0 saturated heterocycles. The number of carbonyl (C=O) groups is 2. The molecule has 5 nitrogen and oxygen atoms in total. The number of carbonyl (C=O) groups excluding carboxylic acids is 2. The van der Waals surface area contributed by atoms with E-state index in [0.717, 1.165) is 25.9 Å². The van der Waals surface area contributed by atoms with Gasteiger partial charge in [0.2, 0.25) is 5.91 Å². The van der Waals surface area contributed by atoms with Crippen LogP contribution in [0, 0.1) is 5.92 Å². The summed E-state index contributed by atoms with van der Waals surface area (Å²) in [6, 6.07) is 7.24. The van der Waals surface area contributed by atoms with Crippen molar-refractivity contribution in [3.8, 4) is 0 Å². The molecule has 0 atom stereocenters. The van der Waals surface area contributed by atoms with E-state index in [9.17, 15) is 9.59 Å². The van der Waals surface area contributed by atoms with Crippen molar-refractivity contribution >= 4 is 17.5 Å². The van der Waals surface area contributed by atoms with Crippen molar-refractivity contribution < 1.29 is 9.59 Å². The average molecular weight is 289 g/mol. The van der Waals surface area contributed by atoms with Gasteiger partial charge in [-0.3, -0.25) is 9.59 Å². The van der Waals surface area contributed by atoms with Crippen molar-refractivity contribution in [2.24, 2.45) is 5.92 Å². The lowest BCUT2D eigenvalue weighted by Gasteiger charge is -2.20. The van der Waals surface area contributed by atoms with Crippen LogP contribution in [0.2, 0.25) is 0 Å². The molecule has 5 heteroatoms. The summed E-state index contributed by atoms with van der Waals surface area (Å²) in [5.74, 6) is 0.0988. The second kappa shape index (κ2) is 7.22. The van der Waals surface area contributed by atoms with Gasteiger partial charge in [-0.25, -0.2) is 0 Å². The lowest BCUT2D eigenvalue weighted by atomic mass is 10.1. The van der Waals surface area contributed by atoms with Crippen LogP contribution in [0.5, 0.6) is 0 Å². The van der Waals surface area contributed by atoms with Gasteiger partial charge in [0.1, 0.15) is 0 Å². The van der Waals surface area contributed by atoms with Crippen molar-refractivity contribution in [3.05, 3.63) is 29.8 Å². The predicted molar refractivity (Wildman–Crippen MR) is 83.5 cm³/mol. The highest BCUT2D eigenvalue weighted by Crippen LogP contribution is 2.33. The summed E-state index contributed by atoms with van der Waals surface area (Å²) in [5, 5.41) is 6.03. The standard InChI is InChI=1S/C16H23N3O2/c1-3-17-10-11-18-15(20)13-6-4-5-7-14(13)19(2)16(21)12-8-9-12/h4-7,12,17H,3,8-11H2,1-2H3,(H,18,20). The third kappa shape index (κ3) is 4.04. The predicted octanol–water partition coefficient (Wildman–Crippen LogP) is 1.40. The van der Waals surface area contributed by atoms with E-state index in [2.05, 4.69) is 10.6 Å². The van der Waals surface area contributed by atoms with Crippen LogP contribution in [0.4, 0.5) is 5.69 Å². The molecule has 2 N–H and O–H groups in total. The van der Waals surface area contributed by atoms with E-state index in [1.807, 2.05) is 25.1 Å². The lowest BCUT2D eigenvalue weighted by molar-refractivity contribution is -0.119. The Morgan fingerprint density at radius 1 is 1.24 bits per heavy atom. The summed E-state index contributed by atoms with van der Waals surface area (Å²) < 4.78 is 0. The van der Waals surface area contributed by atoms with Crippen molar-refractivity contribution in [1.82, 2.24) is 10.6 Å². The molecule has 1 aliphatic carbocycles. The quantitative estimate of drug-likeness (QED) is 0.746. The second-order valence-electron chi connectivity index (χ2n) is 5.30. The normalized spacial score (nSPS) is 13.8. The summed E-state index contributed by atoms with van der Waals surface area (Å²) in [6.45, 7) is 4.21. The SMILES string of the molecule is CCNCCNC(=O)c1ccccc1N(C)C(=O)C1CC1. The highest BCUT2D eigenvalue weighted by atomic mass is 16.2. The van der Waals surface area contributed by atoms with Crippen LogP contribution in [0.25, 0.3) is 0 Å². The van der Waals surface area contributed by atoms with Crippen LogP contribution in [-0.2, 0) is 4.79 Å². The first kappa shape index (κ1) is 15.5. The number of anilines is 1. The van der Waals surface area contributed by atoms with E-state index >= 15 is 0 Å². The molecule has 1 saturated carbocycles. The molecular weight excluding hydrogens is 266 g/mol. The Hall–Kier alpha value is -1.88. The summed E-state index contributed by atoms with van der Waals surface area (Å²) in [5.41, 5.74) is 1.22. The number of rotatable bonds is 7. The van der Waals surface area contributed by atoms with Gasteiger partial charge in [-0.15, -0.1) is 0 Å². The van der Waals surface area contributed by atoms with E-state index in [0.29, 0.717) is 17.8 Å². The molecule has 1 aromatic carbocycles. The van der Waals surface area contributed by atoms with Gasteiger partial charge in [0.05, 0.1) is 11.3 Å². The fourth-order valence-corrected chi connectivity index (χ4v) is 2.22. The minimum absolute atomic E-state index is 0.0999. The van der Waals surface area contributed by atoms with Crippen LogP contribution in [-0.4, -0.2) is 38.5 Å². The van der Waals surface area contributed by atoms with Crippen LogP contribution >= 0.6 is 0 Å². The first-order valence-corrected chi connectivity index (χ1v) is 7.50.